The molecule has 0 atom stereocenters. The van der Waals surface area contributed by atoms with Gasteiger partial charge in [0.15, 0.2) is 0 Å². The predicted molar refractivity (Wildman–Crippen MR) is 84.7 cm³/mol. The first-order chi connectivity index (χ1) is 9.84. The van der Waals surface area contributed by atoms with Crippen molar-refractivity contribution < 1.29 is 4.39 Å². The Bertz CT molecular complexity index is 529. The number of rotatable bonds is 3. The summed E-state index contributed by atoms with van der Waals surface area (Å²) in [6.45, 7) is 0.414. The van der Waals surface area contributed by atoms with Crippen LogP contribution in [0.3, 0.4) is 0 Å². The van der Waals surface area contributed by atoms with Crippen LogP contribution in [0.25, 0.3) is 0 Å². The first kappa shape index (κ1) is 13.4. The molecule has 0 bridgehead atoms. The summed E-state index contributed by atoms with van der Waals surface area (Å²) in [4.78, 5) is 0. The van der Waals surface area contributed by atoms with Crippen LogP contribution >= 0.6 is 0 Å². The maximum absolute atomic E-state index is 13.2. The second-order valence-electron chi connectivity index (χ2n) is 5.84. The van der Waals surface area contributed by atoms with E-state index < -0.39 is 0 Å². The summed E-state index contributed by atoms with van der Waals surface area (Å²) in [7, 11) is 0. The van der Waals surface area contributed by atoms with E-state index in [4.69, 9.17) is 0 Å². The van der Waals surface area contributed by atoms with E-state index in [-0.39, 0.29) is 5.82 Å². The van der Waals surface area contributed by atoms with Crippen LogP contribution < -0.4 is 10.9 Å². The summed E-state index contributed by atoms with van der Waals surface area (Å²) >= 11 is 0. The molecule has 3 rings (SSSR count). The second kappa shape index (κ2) is 6.26. The highest BCUT2D eigenvalue weighted by Crippen LogP contribution is 2.31. The number of hydrogen-bond donors (Lipinski definition) is 0. The van der Waals surface area contributed by atoms with E-state index >= 15 is 0 Å². The average molecular weight is 266 g/mol. The molecule has 0 N–H and O–H groups in total. The van der Waals surface area contributed by atoms with Crippen molar-refractivity contribution >= 4 is 17.6 Å². The summed E-state index contributed by atoms with van der Waals surface area (Å²) in [6, 6.07) is 17.8. The smallest absolute Gasteiger partial charge is 0.207 e. The maximum Gasteiger partial charge on any atom is 0.212 e. The third-order valence-electron chi connectivity index (χ3n) is 4.51. The van der Waals surface area contributed by atoms with E-state index in [2.05, 4.69) is 30.3 Å². The van der Waals surface area contributed by atoms with Gasteiger partial charge in [-0.1, -0.05) is 91.3 Å². The minimum Gasteiger partial charge on any atom is -0.207 e. The van der Waals surface area contributed by atoms with Gasteiger partial charge in [-0.25, -0.2) is 4.39 Å². The van der Waals surface area contributed by atoms with Gasteiger partial charge >= 0.3 is 0 Å². The topological polar surface area (TPSA) is 0 Å². The number of hydrogen-bond acceptors (Lipinski definition) is 0. The van der Waals surface area contributed by atoms with Crippen LogP contribution in [-0.4, -0.2) is 6.71 Å². The van der Waals surface area contributed by atoms with Gasteiger partial charge in [-0.05, 0) is 12.1 Å². The van der Waals surface area contributed by atoms with E-state index in [0.717, 1.165) is 0 Å². The molecular formula is C18H20BF. The molecule has 0 amide bonds. The Balaban J connectivity index is 1.96. The summed E-state index contributed by atoms with van der Waals surface area (Å²) in [5.74, 6) is 0.542. The first-order valence-electron chi connectivity index (χ1n) is 7.65. The van der Waals surface area contributed by atoms with Crippen LogP contribution in [-0.2, 0) is 0 Å². The molecule has 2 aromatic carbocycles. The molecule has 1 aliphatic carbocycles. The van der Waals surface area contributed by atoms with Crippen molar-refractivity contribution in [1.29, 1.82) is 0 Å². The highest BCUT2D eigenvalue weighted by Gasteiger charge is 2.29. The average Bonchev–Trinajstić information content (AvgIpc) is 2.52. The van der Waals surface area contributed by atoms with Crippen molar-refractivity contribution in [3.8, 4) is 0 Å². The Morgan fingerprint density at radius 1 is 0.750 bits per heavy atom. The van der Waals surface area contributed by atoms with Crippen LogP contribution in [0.4, 0.5) is 4.39 Å². The zero-order valence-electron chi connectivity index (χ0n) is 11.8. The molecule has 0 radical (unpaired) electrons. The Labute approximate surface area is 121 Å². The molecule has 2 aromatic rings. The number of halogens is 1. The van der Waals surface area contributed by atoms with E-state index in [1.807, 2.05) is 12.1 Å². The quantitative estimate of drug-likeness (QED) is 0.742. The molecule has 1 saturated carbocycles. The summed E-state index contributed by atoms with van der Waals surface area (Å²) in [5.41, 5.74) is 2.62. The third kappa shape index (κ3) is 2.95. The lowest BCUT2D eigenvalue weighted by Crippen LogP contribution is -2.46. The monoisotopic (exact) mass is 266 g/mol. The lowest BCUT2D eigenvalue weighted by atomic mass is 9.32. The van der Waals surface area contributed by atoms with Crippen molar-refractivity contribution in [2.24, 2.45) is 0 Å². The van der Waals surface area contributed by atoms with Crippen LogP contribution in [0, 0.1) is 5.82 Å². The van der Waals surface area contributed by atoms with Crippen molar-refractivity contribution in [1.82, 2.24) is 0 Å². The largest absolute Gasteiger partial charge is 0.212 e. The van der Waals surface area contributed by atoms with Crippen LogP contribution in [0.1, 0.15) is 32.1 Å². The molecule has 0 spiro atoms. The van der Waals surface area contributed by atoms with E-state index in [1.165, 1.54) is 43.0 Å². The maximum atomic E-state index is 13.2. The van der Waals surface area contributed by atoms with Crippen molar-refractivity contribution in [2.45, 2.75) is 37.9 Å². The van der Waals surface area contributed by atoms with Gasteiger partial charge in [-0.3, -0.25) is 0 Å². The van der Waals surface area contributed by atoms with Crippen LogP contribution in [0.15, 0.2) is 54.6 Å². The van der Waals surface area contributed by atoms with E-state index in [9.17, 15) is 4.39 Å². The van der Waals surface area contributed by atoms with Crippen molar-refractivity contribution in [3.05, 3.63) is 60.4 Å². The van der Waals surface area contributed by atoms with Crippen molar-refractivity contribution in [2.75, 3.05) is 0 Å². The van der Waals surface area contributed by atoms with Gasteiger partial charge in [0, 0.05) is 0 Å². The van der Waals surface area contributed by atoms with Gasteiger partial charge in [0.25, 0.3) is 0 Å². The van der Waals surface area contributed by atoms with Crippen LogP contribution in [0.2, 0.25) is 5.82 Å². The SMILES string of the molecule is Fc1ccc(B(c2ccccc2)C2CCCCC2)cc1. The van der Waals surface area contributed by atoms with E-state index in [1.54, 1.807) is 12.1 Å². The fourth-order valence-electron chi connectivity index (χ4n) is 3.53. The molecule has 0 unspecified atom stereocenters. The lowest BCUT2D eigenvalue weighted by molar-refractivity contribution is 0.499. The molecule has 0 aromatic heterocycles. The molecule has 1 fully saturated rings. The summed E-state index contributed by atoms with van der Waals surface area (Å²) in [5, 5.41) is 0. The molecule has 0 saturated heterocycles. The van der Waals surface area contributed by atoms with Gasteiger partial charge in [-0.15, -0.1) is 0 Å². The third-order valence-corrected chi connectivity index (χ3v) is 4.51. The summed E-state index contributed by atoms with van der Waals surface area (Å²) < 4.78 is 13.2. The number of benzene rings is 2. The second-order valence-corrected chi connectivity index (χ2v) is 5.84. The Morgan fingerprint density at radius 2 is 1.35 bits per heavy atom. The lowest BCUT2D eigenvalue weighted by Gasteiger charge is -2.28. The van der Waals surface area contributed by atoms with Gasteiger partial charge < -0.3 is 0 Å². The van der Waals surface area contributed by atoms with Gasteiger partial charge in [-0.2, -0.15) is 0 Å². The Kier molecular flexibility index (Phi) is 4.20. The highest BCUT2D eigenvalue weighted by atomic mass is 19.1. The fourth-order valence-corrected chi connectivity index (χ4v) is 3.53. The molecule has 0 aliphatic heterocycles. The van der Waals surface area contributed by atoms with E-state index in [0.29, 0.717) is 12.5 Å². The molecule has 2 heteroatoms. The minimum absolute atomic E-state index is 0.149. The predicted octanol–water partition coefficient (Wildman–Crippen LogP) is 3.77. The first-order valence-corrected chi connectivity index (χ1v) is 7.65. The molecule has 102 valence electrons. The standard InChI is InChI=1S/C18H20BF/c20-18-13-11-17(12-14-18)19(15-7-3-1-4-8-15)16-9-5-2-6-10-16/h1,3-4,7-8,11-14,16H,2,5-6,9-10H2. The highest BCUT2D eigenvalue weighted by molar-refractivity contribution is 6.86. The molecule has 1 aliphatic rings. The van der Waals surface area contributed by atoms with Crippen LogP contribution in [0.5, 0.6) is 0 Å². The Hall–Kier alpha value is -1.57. The van der Waals surface area contributed by atoms with Crippen molar-refractivity contribution in [3.63, 3.8) is 0 Å². The minimum atomic E-state index is -0.149. The fraction of sp³-hybridized carbons (Fsp3) is 0.333. The zero-order chi connectivity index (χ0) is 13.8. The van der Waals surface area contributed by atoms with Gasteiger partial charge in [0.05, 0.1) is 0 Å². The molecule has 0 nitrogen and oxygen atoms in total. The van der Waals surface area contributed by atoms with Gasteiger partial charge in [0.2, 0.25) is 6.71 Å². The zero-order valence-corrected chi connectivity index (χ0v) is 11.8. The Morgan fingerprint density at radius 3 is 2.00 bits per heavy atom. The molecule has 0 heterocycles. The summed E-state index contributed by atoms with van der Waals surface area (Å²) in [6.07, 6.45) is 6.60. The normalized spacial score (nSPS) is 16.1. The molecule has 20 heavy (non-hydrogen) atoms. The molecular weight excluding hydrogens is 246 g/mol. The van der Waals surface area contributed by atoms with Gasteiger partial charge in [0.1, 0.15) is 5.82 Å².